The lowest BCUT2D eigenvalue weighted by molar-refractivity contribution is -0.137. The van der Waals surface area contributed by atoms with Crippen molar-refractivity contribution >= 4 is 62.4 Å². The minimum atomic E-state index is -4.43. The van der Waals surface area contributed by atoms with Gasteiger partial charge in [-0.25, -0.2) is 0 Å². The van der Waals surface area contributed by atoms with Crippen LogP contribution in [0.3, 0.4) is 0 Å². The first-order valence-electron chi connectivity index (χ1n) is 12.3. The number of pyridine rings is 1. The number of anilines is 3. The van der Waals surface area contributed by atoms with E-state index in [0.29, 0.717) is 40.6 Å². The van der Waals surface area contributed by atoms with E-state index in [1.807, 2.05) is 0 Å². The van der Waals surface area contributed by atoms with E-state index in [-0.39, 0.29) is 29.0 Å². The van der Waals surface area contributed by atoms with Crippen molar-refractivity contribution in [1.29, 1.82) is 0 Å². The number of hydrogen-bond donors (Lipinski definition) is 3. The number of benzene rings is 2. The monoisotopic (exact) mass is 587 g/mol. The van der Waals surface area contributed by atoms with Crippen molar-refractivity contribution < 1.29 is 27.5 Å². The molecule has 40 heavy (non-hydrogen) atoms. The largest absolute Gasteiger partial charge is 0.416 e. The van der Waals surface area contributed by atoms with Crippen LogP contribution in [0.5, 0.6) is 0 Å². The summed E-state index contributed by atoms with van der Waals surface area (Å²) in [4.78, 5) is 30.2. The van der Waals surface area contributed by atoms with Crippen LogP contribution >= 0.6 is 23.1 Å². The predicted molar refractivity (Wildman–Crippen MR) is 145 cm³/mol. The molecule has 6 rings (SSSR count). The molecule has 2 fully saturated rings. The molecule has 2 aliphatic rings. The molecule has 3 heterocycles. The highest BCUT2D eigenvalue weighted by molar-refractivity contribution is 7.14. The first kappa shape index (κ1) is 26.5. The number of carbonyl (C=O) groups is 2. The predicted octanol–water partition coefficient (Wildman–Crippen LogP) is 6.01. The second-order valence-corrected chi connectivity index (χ2v) is 11.0. The quantitative estimate of drug-likeness (QED) is 0.244. The third-order valence-corrected chi connectivity index (χ3v) is 8.37. The molecule has 1 saturated heterocycles. The maximum absolute atomic E-state index is 13.2. The zero-order valence-electron chi connectivity index (χ0n) is 20.6. The van der Waals surface area contributed by atoms with Gasteiger partial charge >= 0.3 is 6.18 Å². The van der Waals surface area contributed by atoms with Crippen molar-refractivity contribution in [2.45, 2.75) is 19.1 Å². The third kappa shape index (κ3) is 4.98. The summed E-state index contributed by atoms with van der Waals surface area (Å²) >= 11 is 7.42. The molecule has 0 spiro atoms. The number of ether oxygens (including phenoxy) is 1. The highest BCUT2D eigenvalue weighted by Crippen LogP contribution is 2.57. The average Bonchev–Trinajstić information content (AvgIpc) is 3.25. The molecule has 2 aromatic heterocycles. The normalized spacial score (nSPS) is 19.8. The number of nitrogens with one attached hydrogen (secondary N) is 3. The Balaban J connectivity index is 1.16. The lowest BCUT2D eigenvalue weighted by atomic mass is 10.1. The molecule has 13 heteroatoms. The minimum absolute atomic E-state index is 0.0407. The Morgan fingerprint density at radius 3 is 2.65 bits per heavy atom. The molecular formula is C27H21ClF3N5O3S. The second kappa shape index (κ2) is 10.0. The van der Waals surface area contributed by atoms with Gasteiger partial charge < -0.3 is 20.7 Å². The number of rotatable bonds is 7. The fourth-order valence-electron chi connectivity index (χ4n) is 4.81. The number of alkyl halides is 3. The maximum Gasteiger partial charge on any atom is 0.416 e. The topological polar surface area (TPSA) is 105 Å². The Bertz CT molecular complexity index is 1630. The number of halogens is 4. The molecule has 2 aromatic carbocycles. The van der Waals surface area contributed by atoms with E-state index in [1.54, 1.807) is 24.3 Å². The van der Waals surface area contributed by atoms with Crippen LogP contribution in [-0.4, -0.2) is 34.4 Å². The molecule has 0 unspecified atom stereocenters. The first-order chi connectivity index (χ1) is 19.1. The summed E-state index contributed by atoms with van der Waals surface area (Å²) in [6.45, 7) is 1.31. The van der Waals surface area contributed by atoms with Gasteiger partial charge in [-0.2, -0.15) is 17.5 Å². The number of fused-ring (bicyclic) bond motifs is 2. The molecular weight excluding hydrogens is 567 g/mol. The summed E-state index contributed by atoms with van der Waals surface area (Å²) in [5, 5.41) is 9.01. The van der Waals surface area contributed by atoms with E-state index >= 15 is 0 Å². The zero-order valence-corrected chi connectivity index (χ0v) is 22.2. The van der Waals surface area contributed by atoms with Gasteiger partial charge in [-0.1, -0.05) is 17.7 Å². The molecule has 1 aliphatic carbocycles. The Kier molecular flexibility index (Phi) is 6.64. The van der Waals surface area contributed by atoms with Crippen LogP contribution in [0.15, 0.2) is 54.7 Å². The van der Waals surface area contributed by atoms with Crippen LogP contribution in [0.2, 0.25) is 5.02 Å². The molecule has 0 bridgehead atoms. The molecule has 8 nitrogen and oxygen atoms in total. The summed E-state index contributed by atoms with van der Waals surface area (Å²) in [6, 6.07) is 11.2. The zero-order chi connectivity index (χ0) is 28.1. The average molecular weight is 588 g/mol. The fourth-order valence-corrected chi connectivity index (χ4v) is 5.78. The summed E-state index contributed by atoms with van der Waals surface area (Å²) in [5.41, 5.74) is 1.09. The van der Waals surface area contributed by atoms with E-state index in [9.17, 15) is 22.8 Å². The van der Waals surface area contributed by atoms with Crippen molar-refractivity contribution in [3.8, 4) is 0 Å². The Hall–Kier alpha value is -3.74. The lowest BCUT2D eigenvalue weighted by Gasteiger charge is -2.13. The van der Waals surface area contributed by atoms with Crippen molar-refractivity contribution in [1.82, 2.24) is 14.7 Å². The number of carbonyl (C=O) groups excluding carboxylic acids is 2. The van der Waals surface area contributed by atoms with Crippen molar-refractivity contribution in [2.75, 3.05) is 23.8 Å². The summed E-state index contributed by atoms with van der Waals surface area (Å²) in [5.74, 6) is 0.132. The molecule has 2 amide bonds. The molecule has 4 aromatic rings. The van der Waals surface area contributed by atoms with Crippen LogP contribution < -0.4 is 16.0 Å². The number of hydrogen-bond acceptors (Lipinski definition) is 7. The van der Waals surface area contributed by atoms with Crippen LogP contribution in [0, 0.1) is 11.3 Å². The lowest BCUT2D eigenvalue weighted by Crippen LogP contribution is -2.33. The minimum Gasteiger partial charge on any atom is -0.380 e. The van der Waals surface area contributed by atoms with Gasteiger partial charge in [0.05, 0.1) is 45.2 Å². The fraction of sp³-hybridized carbons (Fsp3) is 0.259. The summed E-state index contributed by atoms with van der Waals surface area (Å²) in [6.07, 6.45) is -2.09. The van der Waals surface area contributed by atoms with Gasteiger partial charge in [0.15, 0.2) is 5.82 Å². The highest BCUT2D eigenvalue weighted by Gasteiger charge is 2.63. The van der Waals surface area contributed by atoms with E-state index in [4.69, 9.17) is 16.3 Å². The number of amides is 2. The van der Waals surface area contributed by atoms with Crippen molar-refractivity contribution in [2.24, 2.45) is 11.3 Å². The molecule has 2 atom stereocenters. The first-order valence-corrected chi connectivity index (χ1v) is 13.4. The van der Waals surface area contributed by atoms with E-state index in [0.717, 1.165) is 35.6 Å². The Morgan fingerprint density at radius 1 is 1.15 bits per heavy atom. The van der Waals surface area contributed by atoms with Crippen LogP contribution in [-0.2, 0) is 22.3 Å². The van der Waals surface area contributed by atoms with Gasteiger partial charge in [-0.05, 0) is 66.0 Å². The van der Waals surface area contributed by atoms with Crippen molar-refractivity contribution in [3.05, 3.63) is 76.4 Å². The molecule has 3 N–H and O–H groups in total. The Labute approximate surface area is 235 Å². The molecule has 0 radical (unpaired) electrons. The highest BCUT2D eigenvalue weighted by atomic mass is 35.5. The smallest absolute Gasteiger partial charge is 0.380 e. The van der Waals surface area contributed by atoms with Gasteiger partial charge in [0, 0.05) is 24.3 Å². The molecule has 1 saturated carbocycles. The summed E-state index contributed by atoms with van der Waals surface area (Å²) < 4.78 is 48.9. The van der Waals surface area contributed by atoms with Gasteiger partial charge in [0.2, 0.25) is 5.91 Å². The Morgan fingerprint density at radius 2 is 1.95 bits per heavy atom. The molecule has 1 aliphatic heterocycles. The van der Waals surface area contributed by atoms with Gasteiger partial charge in [-0.15, -0.1) is 0 Å². The standard InChI is InChI=1S/C27H21ClF3N5O3S/c28-19-6-1-14(11-33-25(38)26-10-16(26)12-39-13-26)9-18(19)24(37)35-20-7-8-32-21-22(20)40-36-23(21)34-17-4-2-15(3-5-17)27(29,30)31/h1-9,16H,10-13H2,(H,33,38)(H,34,36)(H,32,35,37)/t16-,26-/m1/s1. The van der Waals surface area contributed by atoms with E-state index in [2.05, 4.69) is 25.3 Å². The second-order valence-electron chi connectivity index (χ2n) is 9.79. The maximum atomic E-state index is 13.2. The number of aromatic nitrogens is 2. The SMILES string of the molecule is O=C(Nc1ccnc2c(Nc3ccc(C(F)(F)F)cc3)nsc12)c1cc(CNC(=O)[C@]23COC[C@H]2C3)ccc1Cl. The van der Waals surface area contributed by atoms with Crippen LogP contribution in [0.4, 0.5) is 30.4 Å². The van der Waals surface area contributed by atoms with E-state index in [1.165, 1.54) is 18.3 Å². The van der Waals surface area contributed by atoms with Gasteiger partial charge in [0.25, 0.3) is 5.91 Å². The van der Waals surface area contributed by atoms with Gasteiger partial charge in [-0.3, -0.25) is 14.6 Å². The summed E-state index contributed by atoms with van der Waals surface area (Å²) in [7, 11) is 0. The number of nitrogens with zero attached hydrogens (tertiary/aromatic N) is 2. The van der Waals surface area contributed by atoms with Crippen LogP contribution in [0.25, 0.3) is 10.2 Å². The van der Waals surface area contributed by atoms with Crippen molar-refractivity contribution in [3.63, 3.8) is 0 Å². The molecule has 206 valence electrons. The van der Waals surface area contributed by atoms with Gasteiger partial charge in [0.1, 0.15) is 5.52 Å². The van der Waals surface area contributed by atoms with E-state index < -0.39 is 23.1 Å². The third-order valence-electron chi connectivity index (χ3n) is 7.17. The van der Waals surface area contributed by atoms with Crippen LogP contribution in [0.1, 0.15) is 27.9 Å².